The second-order valence-corrected chi connectivity index (χ2v) is 1.46. The molecule has 0 heterocycles. The summed E-state index contributed by atoms with van der Waals surface area (Å²) in [6.45, 7) is 6.00. The van der Waals surface area contributed by atoms with Crippen LogP contribution in [0, 0.1) is 0 Å². The maximum absolute atomic E-state index is 8.82. The Morgan fingerprint density at radius 3 is 2.89 bits per heavy atom. The Morgan fingerprint density at radius 2 is 2.44 bits per heavy atom. The molecule has 0 aliphatic carbocycles. The van der Waals surface area contributed by atoms with Gasteiger partial charge in [0, 0.05) is 6.54 Å². The van der Waals surface area contributed by atoms with Crippen LogP contribution < -0.4 is 0 Å². The van der Waals surface area contributed by atoms with E-state index in [0.29, 0.717) is 6.54 Å². The summed E-state index contributed by atoms with van der Waals surface area (Å²) in [6, 6.07) is 0. The van der Waals surface area contributed by atoms with Gasteiger partial charge in [0.25, 0.3) is 0 Å². The van der Waals surface area contributed by atoms with Gasteiger partial charge in [-0.3, -0.25) is 4.99 Å². The van der Waals surface area contributed by atoms with Crippen molar-refractivity contribution in [1.29, 1.82) is 0 Å². The van der Waals surface area contributed by atoms with Gasteiger partial charge >= 0.3 is 0 Å². The molecular formula is C7H11NO. The highest BCUT2D eigenvalue weighted by Crippen LogP contribution is 1.82. The molecule has 0 aromatic rings. The van der Waals surface area contributed by atoms with Gasteiger partial charge in [0.15, 0.2) is 0 Å². The summed E-state index contributed by atoms with van der Waals surface area (Å²) in [5.74, 6) is 0.145. The molecule has 0 unspecified atom stereocenters. The Balaban J connectivity index is 3.74. The number of aliphatic imine (C=N–C) groups is 1. The summed E-state index contributed by atoms with van der Waals surface area (Å²) in [5, 5.41) is 8.82. The topological polar surface area (TPSA) is 32.6 Å². The zero-order chi connectivity index (χ0) is 7.11. The van der Waals surface area contributed by atoms with Crippen molar-refractivity contribution >= 4 is 6.21 Å². The van der Waals surface area contributed by atoms with Gasteiger partial charge in [-0.15, -0.1) is 0 Å². The monoisotopic (exact) mass is 125 g/mol. The number of hydrogen-bond donors (Lipinski definition) is 1. The lowest BCUT2D eigenvalue weighted by molar-refractivity contribution is 0.446. The molecule has 0 aliphatic rings. The molecule has 0 aromatic carbocycles. The van der Waals surface area contributed by atoms with E-state index < -0.39 is 0 Å². The smallest absolute Gasteiger partial charge is 0.133 e. The first kappa shape index (κ1) is 7.95. The highest BCUT2D eigenvalue weighted by Gasteiger charge is 1.78. The number of rotatable bonds is 3. The van der Waals surface area contributed by atoms with E-state index in [1.807, 2.05) is 6.92 Å². The molecule has 0 bridgehead atoms. The molecule has 0 rings (SSSR count). The van der Waals surface area contributed by atoms with E-state index in [9.17, 15) is 0 Å². The average Bonchev–Trinajstić information content (AvgIpc) is 1.85. The number of nitrogens with zero attached hydrogens (tertiary/aromatic N) is 1. The van der Waals surface area contributed by atoms with Gasteiger partial charge in [-0.05, 0) is 13.0 Å². The number of aliphatic hydroxyl groups is 1. The zero-order valence-corrected chi connectivity index (χ0v) is 5.54. The number of allylic oxidation sites excluding steroid dienone is 3. The van der Waals surface area contributed by atoms with E-state index in [1.54, 1.807) is 0 Å². The van der Waals surface area contributed by atoms with Crippen molar-refractivity contribution in [3.63, 3.8) is 0 Å². The lowest BCUT2D eigenvalue weighted by Gasteiger charge is -1.84. The number of hydrogen-bond acceptors (Lipinski definition) is 2. The largest absolute Gasteiger partial charge is 0.506 e. The van der Waals surface area contributed by atoms with Crippen molar-refractivity contribution in [2.24, 2.45) is 4.99 Å². The molecule has 0 aromatic heterocycles. The quantitative estimate of drug-likeness (QED) is 0.347. The molecule has 50 valence electrons. The standard InChI is InChI=1S/C7H11NO/c1-3-5-7(9)6-8-4-2/h3,5-6,9H,1,4H2,2H3/b7-5+,8-6-. The van der Waals surface area contributed by atoms with Crippen LogP contribution in [0.2, 0.25) is 0 Å². The van der Waals surface area contributed by atoms with E-state index >= 15 is 0 Å². The molecular weight excluding hydrogens is 114 g/mol. The van der Waals surface area contributed by atoms with Crippen LogP contribution in [0.25, 0.3) is 0 Å². The molecule has 0 atom stereocenters. The lowest BCUT2D eigenvalue weighted by atomic mass is 10.4. The molecule has 0 saturated heterocycles. The Hall–Kier alpha value is -1.05. The minimum absolute atomic E-state index is 0.145. The Morgan fingerprint density at radius 1 is 1.78 bits per heavy atom. The highest BCUT2D eigenvalue weighted by atomic mass is 16.3. The summed E-state index contributed by atoms with van der Waals surface area (Å²) >= 11 is 0. The zero-order valence-electron chi connectivity index (χ0n) is 5.54. The van der Waals surface area contributed by atoms with Crippen LogP contribution in [0.1, 0.15) is 6.92 Å². The van der Waals surface area contributed by atoms with Crippen LogP contribution in [0.5, 0.6) is 0 Å². The SMILES string of the molecule is C=C/C=C(O)\C=N/CC. The first-order chi connectivity index (χ1) is 4.31. The summed E-state index contributed by atoms with van der Waals surface area (Å²) < 4.78 is 0. The Labute approximate surface area is 55.2 Å². The van der Waals surface area contributed by atoms with Crippen molar-refractivity contribution in [2.75, 3.05) is 6.54 Å². The van der Waals surface area contributed by atoms with E-state index in [0.717, 1.165) is 0 Å². The molecule has 2 nitrogen and oxygen atoms in total. The number of aliphatic hydroxyl groups excluding tert-OH is 1. The van der Waals surface area contributed by atoms with Crippen LogP contribution in [-0.2, 0) is 0 Å². The molecule has 9 heavy (non-hydrogen) atoms. The fourth-order valence-electron chi connectivity index (χ4n) is 0.349. The maximum Gasteiger partial charge on any atom is 0.133 e. The van der Waals surface area contributed by atoms with Gasteiger partial charge in [-0.2, -0.15) is 0 Å². The molecule has 0 fully saturated rings. The molecule has 0 saturated carbocycles. The molecule has 2 heteroatoms. The minimum atomic E-state index is 0.145. The van der Waals surface area contributed by atoms with Crippen molar-refractivity contribution in [2.45, 2.75) is 6.92 Å². The van der Waals surface area contributed by atoms with Gasteiger partial charge in [0.1, 0.15) is 5.76 Å². The van der Waals surface area contributed by atoms with Crippen LogP contribution >= 0.6 is 0 Å². The lowest BCUT2D eigenvalue weighted by Crippen LogP contribution is -1.81. The molecule has 0 amide bonds. The third-order valence-corrected chi connectivity index (χ3v) is 0.695. The van der Waals surface area contributed by atoms with Gasteiger partial charge in [-0.1, -0.05) is 12.7 Å². The molecule has 1 N–H and O–H groups in total. The van der Waals surface area contributed by atoms with Gasteiger partial charge in [0.05, 0.1) is 6.21 Å². The van der Waals surface area contributed by atoms with Gasteiger partial charge < -0.3 is 5.11 Å². The Kier molecular flexibility index (Phi) is 4.50. The molecule has 0 spiro atoms. The first-order valence-corrected chi connectivity index (χ1v) is 2.82. The van der Waals surface area contributed by atoms with E-state index in [4.69, 9.17) is 5.11 Å². The summed E-state index contributed by atoms with van der Waals surface area (Å²) in [7, 11) is 0. The summed E-state index contributed by atoms with van der Waals surface area (Å²) in [5.41, 5.74) is 0. The Bertz CT molecular complexity index is 136. The molecule has 0 aliphatic heterocycles. The molecule has 0 radical (unpaired) electrons. The van der Waals surface area contributed by atoms with Crippen LogP contribution in [0.4, 0.5) is 0 Å². The van der Waals surface area contributed by atoms with Crippen LogP contribution in [-0.4, -0.2) is 17.9 Å². The van der Waals surface area contributed by atoms with Crippen molar-refractivity contribution in [1.82, 2.24) is 0 Å². The second kappa shape index (κ2) is 5.09. The van der Waals surface area contributed by atoms with E-state index in [2.05, 4.69) is 11.6 Å². The normalized spacial score (nSPS) is 12.3. The van der Waals surface area contributed by atoms with Crippen molar-refractivity contribution < 1.29 is 5.11 Å². The van der Waals surface area contributed by atoms with Crippen LogP contribution in [0.3, 0.4) is 0 Å². The van der Waals surface area contributed by atoms with Crippen molar-refractivity contribution in [3.05, 3.63) is 24.5 Å². The average molecular weight is 125 g/mol. The fourth-order valence-corrected chi connectivity index (χ4v) is 0.349. The highest BCUT2D eigenvalue weighted by molar-refractivity contribution is 5.75. The third-order valence-electron chi connectivity index (χ3n) is 0.695. The van der Waals surface area contributed by atoms with E-state index in [1.165, 1.54) is 18.4 Å². The predicted molar refractivity (Wildman–Crippen MR) is 39.9 cm³/mol. The maximum atomic E-state index is 8.82. The predicted octanol–water partition coefficient (Wildman–Crippen LogP) is 1.71. The first-order valence-electron chi connectivity index (χ1n) is 2.82. The second-order valence-electron chi connectivity index (χ2n) is 1.46. The fraction of sp³-hybridized carbons (Fsp3) is 0.286. The summed E-state index contributed by atoms with van der Waals surface area (Å²) in [6.07, 6.45) is 4.40. The third kappa shape index (κ3) is 4.81. The van der Waals surface area contributed by atoms with Crippen LogP contribution in [0.15, 0.2) is 29.5 Å². The van der Waals surface area contributed by atoms with E-state index in [-0.39, 0.29) is 5.76 Å². The van der Waals surface area contributed by atoms with Crippen molar-refractivity contribution in [3.8, 4) is 0 Å². The minimum Gasteiger partial charge on any atom is -0.506 e. The van der Waals surface area contributed by atoms with Gasteiger partial charge in [-0.25, -0.2) is 0 Å². The van der Waals surface area contributed by atoms with Gasteiger partial charge in [0.2, 0.25) is 0 Å². The summed E-state index contributed by atoms with van der Waals surface area (Å²) in [4.78, 5) is 3.80.